The van der Waals surface area contributed by atoms with E-state index in [1.807, 2.05) is 26.8 Å². The third-order valence-electron chi connectivity index (χ3n) is 4.67. The minimum absolute atomic E-state index is 0.103. The highest BCUT2D eigenvalue weighted by atomic mass is 16.6. The standard InChI is InChI=1S/C19H30N4O3/c1-19(2,3)26-18(25)23-10-8-15(9-11-23)21-13-14(12-20)17(24)22-16-6-4-5-7-16/h13,15-16,21H,4-11H2,1-3H3,(H,22,24)/b14-13-. The molecule has 1 heterocycles. The van der Waals surface area contributed by atoms with Crippen molar-refractivity contribution in [3.8, 4) is 6.07 Å². The number of nitrogens with zero attached hydrogens (tertiary/aromatic N) is 2. The maximum Gasteiger partial charge on any atom is 0.410 e. The molecule has 7 nitrogen and oxygen atoms in total. The summed E-state index contributed by atoms with van der Waals surface area (Å²) in [6.07, 6.45) is 6.95. The van der Waals surface area contributed by atoms with E-state index in [0.29, 0.717) is 13.1 Å². The third kappa shape index (κ3) is 6.25. The highest BCUT2D eigenvalue weighted by Crippen LogP contribution is 2.18. The van der Waals surface area contributed by atoms with E-state index < -0.39 is 5.60 Å². The highest BCUT2D eigenvalue weighted by molar-refractivity contribution is 5.97. The topological polar surface area (TPSA) is 94.5 Å². The van der Waals surface area contributed by atoms with Crippen LogP contribution < -0.4 is 10.6 Å². The summed E-state index contributed by atoms with van der Waals surface area (Å²) in [5, 5.41) is 15.3. The summed E-state index contributed by atoms with van der Waals surface area (Å²) in [5.41, 5.74) is -0.394. The van der Waals surface area contributed by atoms with Gasteiger partial charge in [0.15, 0.2) is 0 Å². The first-order valence-electron chi connectivity index (χ1n) is 9.43. The Morgan fingerprint density at radius 2 is 1.73 bits per heavy atom. The van der Waals surface area contributed by atoms with Crippen LogP contribution in [-0.4, -0.2) is 47.7 Å². The van der Waals surface area contributed by atoms with Gasteiger partial charge >= 0.3 is 6.09 Å². The van der Waals surface area contributed by atoms with Gasteiger partial charge in [-0.15, -0.1) is 0 Å². The number of piperidine rings is 1. The lowest BCUT2D eigenvalue weighted by atomic mass is 10.1. The SMILES string of the molecule is CC(C)(C)OC(=O)N1CCC(N/C=C(/C#N)C(=O)NC2CCCC2)CC1. The first kappa shape index (κ1) is 20.1. The molecule has 0 aromatic carbocycles. The van der Waals surface area contributed by atoms with Gasteiger partial charge in [-0.25, -0.2) is 4.79 Å². The Bertz CT molecular complexity index is 575. The third-order valence-corrected chi connectivity index (χ3v) is 4.67. The molecule has 0 aromatic heterocycles. The van der Waals surface area contributed by atoms with E-state index in [0.717, 1.165) is 38.5 Å². The molecule has 2 rings (SSSR count). The molecule has 2 fully saturated rings. The monoisotopic (exact) mass is 362 g/mol. The molecule has 0 unspecified atom stereocenters. The Balaban J connectivity index is 1.78. The number of rotatable bonds is 4. The van der Waals surface area contributed by atoms with Crippen molar-refractivity contribution in [2.24, 2.45) is 0 Å². The van der Waals surface area contributed by atoms with E-state index in [-0.39, 0.29) is 29.7 Å². The van der Waals surface area contributed by atoms with Crippen LogP contribution in [0, 0.1) is 11.3 Å². The van der Waals surface area contributed by atoms with Gasteiger partial charge < -0.3 is 20.3 Å². The second kappa shape index (κ2) is 8.93. The van der Waals surface area contributed by atoms with Crippen molar-refractivity contribution in [3.63, 3.8) is 0 Å². The summed E-state index contributed by atoms with van der Waals surface area (Å²) < 4.78 is 5.38. The van der Waals surface area contributed by atoms with E-state index in [2.05, 4.69) is 10.6 Å². The highest BCUT2D eigenvalue weighted by Gasteiger charge is 2.26. The van der Waals surface area contributed by atoms with Crippen molar-refractivity contribution in [2.45, 2.75) is 77.0 Å². The van der Waals surface area contributed by atoms with Gasteiger partial charge in [-0.1, -0.05) is 12.8 Å². The largest absolute Gasteiger partial charge is 0.444 e. The molecule has 1 aliphatic heterocycles. The van der Waals surface area contributed by atoms with Gasteiger partial charge in [0, 0.05) is 31.4 Å². The first-order valence-corrected chi connectivity index (χ1v) is 9.43. The fourth-order valence-corrected chi connectivity index (χ4v) is 3.24. The normalized spacial score (nSPS) is 19.8. The van der Waals surface area contributed by atoms with Gasteiger partial charge in [-0.3, -0.25) is 4.79 Å². The molecule has 26 heavy (non-hydrogen) atoms. The van der Waals surface area contributed by atoms with Gasteiger partial charge in [0.25, 0.3) is 5.91 Å². The Labute approximate surface area is 155 Å². The summed E-state index contributed by atoms with van der Waals surface area (Å²) in [5.74, 6) is -0.307. The van der Waals surface area contributed by atoms with Crippen LogP contribution in [0.25, 0.3) is 0 Å². The van der Waals surface area contributed by atoms with Crippen molar-refractivity contribution in [1.82, 2.24) is 15.5 Å². The average Bonchev–Trinajstić information content (AvgIpc) is 3.07. The Morgan fingerprint density at radius 1 is 1.12 bits per heavy atom. The van der Waals surface area contributed by atoms with Gasteiger partial charge in [0.05, 0.1) is 0 Å². The number of amides is 2. The second-order valence-electron chi connectivity index (χ2n) is 8.03. The first-order chi connectivity index (χ1) is 12.3. The number of hydrogen-bond donors (Lipinski definition) is 2. The van der Waals surface area contributed by atoms with Crippen LogP contribution in [0.2, 0.25) is 0 Å². The Hall–Kier alpha value is -2.23. The number of hydrogen-bond acceptors (Lipinski definition) is 5. The summed E-state index contributed by atoms with van der Waals surface area (Å²) in [6, 6.07) is 2.30. The molecule has 2 N–H and O–H groups in total. The van der Waals surface area contributed by atoms with Crippen LogP contribution in [-0.2, 0) is 9.53 Å². The Kier molecular flexibility index (Phi) is 6.90. The maximum atomic E-state index is 12.2. The van der Waals surface area contributed by atoms with Crippen molar-refractivity contribution in [3.05, 3.63) is 11.8 Å². The van der Waals surface area contributed by atoms with Crippen LogP contribution in [0.4, 0.5) is 4.79 Å². The lowest BCUT2D eigenvalue weighted by molar-refractivity contribution is -0.117. The molecule has 2 amide bonds. The van der Waals surface area contributed by atoms with E-state index in [1.165, 1.54) is 6.20 Å². The molecule has 0 aromatic rings. The van der Waals surface area contributed by atoms with Gasteiger partial charge in [-0.05, 0) is 46.5 Å². The lowest BCUT2D eigenvalue weighted by Gasteiger charge is -2.33. The summed E-state index contributed by atoms with van der Waals surface area (Å²) >= 11 is 0. The van der Waals surface area contributed by atoms with Gasteiger partial charge in [-0.2, -0.15) is 5.26 Å². The number of carbonyl (C=O) groups excluding carboxylic acids is 2. The zero-order chi connectivity index (χ0) is 19.2. The zero-order valence-corrected chi connectivity index (χ0v) is 16.0. The molecular formula is C19H30N4O3. The minimum atomic E-state index is -0.497. The Morgan fingerprint density at radius 3 is 2.27 bits per heavy atom. The number of nitrogens with one attached hydrogen (secondary N) is 2. The van der Waals surface area contributed by atoms with Crippen molar-refractivity contribution < 1.29 is 14.3 Å². The fourth-order valence-electron chi connectivity index (χ4n) is 3.24. The minimum Gasteiger partial charge on any atom is -0.444 e. The molecule has 0 bridgehead atoms. The summed E-state index contributed by atoms with van der Waals surface area (Å²) in [4.78, 5) is 25.9. The predicted octanol–water partition coefficient (Wildman–Crippen LogP) is 2.44. The predicted molar refractivity (Wildman–Crippen MR) is 98.1 cm³/mol. The summed E-state index contributed by atoms with van der Waals surface area (Å²) in [7, 11) is 0. The number of ether oxygens (including phenoxy) is 1. The number of nitriles is 1. The van der Waals surface area contributed by atoms with Gasteiger partial charge in [0.2, 0.25) is 0 Å². The molecular weight excluding hydrogens is 332 g/mol. The zero-order valence-electron chi connectivity index (χ0n) is 16.0. The van der Waals surface area contributed by atoms with Crippen LogP contribution in [0.15, 0.2) is 11.8 Å². The second-order valence-corrected chi connectivity index (χ2v) is 8.03. The van der Waals surface area contributed by atoms with Crippen LogP contribution in [0.3, 0.4) is 0 Å². The summed E-state index contributed by atoms with van der Waals surface area (Å²) in [6.45, 7) is 6.74. The van der Waals surface area contributed by atoms with E-state index >= 15 is 0 Å². The maximum absolute atomic E-state index is 12.2. The van der Waals surface area contributed by atoms with E-state index in [4.69, 9.17) is 4.74 Å². The smallest absolute Gasteiger partial charge is 0.410 e. The molecule has 144 valence electrons. The molecule has 1 saturated carbocycles. The van der Waals surface area contributed by atoms with Crippen molar-refractivity contribution >= 4 is 12.0 Å². The lowest BCUT2D eigenvalue weighted by Crippen LogP contribution is -2.45. The number of likely N-dealkylation sites (tertiary alicyclic amines) is 1. The van der Waals surface area contributed by atoms with E-state index in [1.54, 1.807) is 4.90 Å². The van der Waals surface area contributed by atoms with Gasteiger partial charge in [0.1, 0.15) is 17.2 Å². The molecule has 2 aliphatic rings. The average molecular weight is 362 g/mol. The molecule has 1 saturated heterocycles. The van der Waals surface area contributed by atoms with Crippen LogP contribution >= 0.6 is 0 Å². The number of carbonyl (C=O) groups is 2. The quantitative estimate of drug-likeness (QED) is 0.592. The van der Waals surface area contributed by atoms with Crippen molar-refractivity contribution in [2.75, 3.05) is 13.1 Å². The van der Waals surface area contributed by atoms with Crippen molar-refractivity contribution in [1.29, 1.82) is 5.26 Å². The van der Waals surface area contributed by atoms with Crippen LogP contribution in [0.1, 0.15) is 59.3 Å². The van der Waals surface area contributed by atoms with Crippen LogP contribution in [0.5, 0.6) is 0 Å². The molecule has 7 heteroatoms. The molecule has 0 atom stereocenters. The molecule has 1 aliphatic carbocycles. The fraction of sp³-hybridized carbons (Fsp3) is 0.737. The van der Waals surface area contributed by atoms with E-state index in [9.17, 15) is 14.9 Å². The molecule has 0 radical (unpaired) electrons. The molecule has 0 spiro atoms.